The quantitative estimate of drug-likeness (QED) is 0.160. The van der Waals surface area contributed by atoms with Crippen LogP contribution in [0.2, 0.25) is 0 Å². The van der Waals surface area contributed by atoms with E-state index in [0.29, 0.717) is 52.1 Å². The number of rotatable bonds is 11. The highest BCUT2D eigenvalue weighted by Crippen LogP contribution is 2.42. The molecule has 0 radical (unpaired) electrons. The topological polar surface area (TPSA) is 114 Å². The molecule has 4 rings (SSSR count). The maximum atomic E-state index is 12.9. The summed E-state index contributed by atoms with van der Waals surface area (Å²) in [4.78, 5) is 15.3. The van der Waals surface area contributed by atoms with Crippen LogP contribution in [0.3, 0.4) is 0 Å². The lowest BCUT2D eigenvalue weighted by molar-refractivity contribution is 0.238. The number of nitrogens with one attached hydrogen (secondary N) is 2. The Balaban J connectivity index is 1.47. The molecule has 0 saturated carbocycles. The van der Waals surface area contributed by atoms with Gasteiger partial charge in [0.05, 0.1) is 27.0 Å². The van der Waals surface area contributed by atoms with Gasteiger partial charge in [0.15, 0.2) is 11.5 Å². The molecule has 10 heteroatoms. The number of carbonyl (C=O) groups is 1. The summed E-state index contributed by atoms with van der Waals surface area (Å²) >= 11 is 0. The van der Waals surface area contributed by atoms with Gasteiger partial charge in [-0.3, -0.25) is 4.90 Å². The van der Waals surface area contributed by atoms with E-state index in [0.717, 1.165) is 30.9 Å². The fourth-order valence-corrected chi connectivity index (χ4v) is 4.69. The van der Waals surface area contributed by atoms with Gasteiger partial charge >= 0.3 is 6.03 Å². The standard InChI is InChI=1S/C30H36N4O6/c1-20(33-36)25-12-7-21(17-27(25)37-2)26-18-23(19-28(38-3)29(26)39-4)32-30(35)31-22-8-10-24(11-9-22)40-16-15-34-13-5-6-14-34/h7-12,17-19,36H,5-6,13-16H2,1-4H3,(H2,31,32,35)/b33-20+. The van der Waals surface area contributed by atoms with E-state index in [1.54, 1.807) is 57.5 Å². The number of urea groups is 1. The maximum Gasteiger partial charge on any atom is 0.323 e. The van der Waals surface area contributed by atoms with Crippen molar-refractivity contribution in [1.82, 2.24) is 4.90 Å². The zero-order valence-corrected chi connectivity index (χ0v) is 23.3. The van der Waals surface area contributed by atoms with E-state index in [4.69, 9.17) is 18.9 Å². The number of likely N-dealkylation sites (tertiary alicyclic amines) is 1. The summed E-state index contributed by atoms with van der Waals surface area (Å²) in [5.41, 5.74) is 3.63. The van der Waals surface area contributed by atoms with Crippen molar-refractivity contribution in [3.05, 3.63) is 60.2 Å². The van der Waals surface area contributed by atoms with Gasteiger partial charge in [0, 0.05) is 35.1 Å². The molecule has 40 heavy (non-hydrogen) atoms. The van der Waals surface area contributed by atoms with Gasteiger partial charge in [-0.25, -0.2) is 4.79 Å². The molecule has 0 aliphatic carbocycles. The number of anilines is 2. The van der Waals surface area contributed by atoms with E-state index in [1.165, 1.54) is 20.0 Å². The van der Waals surface area contributed by atoms with Crippen LogP contribution in [-0.2, 0) is 0 Å². The molecule has 2 amide bonds. The first-order valence-electron chi connectivity index (χ1n) is 13.1. The first-order valence-corrected chi connectivity index (χ1v) is 13.1. The molecule has 212 valence electrons. The van der Waals surface area contributed by atoms with Gasteiger partial charge in [0.2, 0.25) is 0 Å². The smallest absolute Gasteiger partial charge is 0.323 e. The van der Waals surface area contributed by atoms with Crippen LogP contribution in [0.25, 0.3) is 11.1 Å². The van der Waals surface area contributed by atoms with E-state index in [1.807, 2.05) is 18.2 Å². The lowest BCUT2D eigenvalue weighted by Gasteiger charge is -2.17. The van der Waals surface area contributed by atoms with E-state index < -0.39 is 6.03 Å². The van der Waals surface area contributed by atoms with Crippen molar-refractivity contribution in [2.75, 3.05) is 58.2 Å². The lowest BCUT2D eigenvalue weighted by atomic mass is 9.99. The average Bonchev–Trinajstić information content (AvgIpc) is 3.50. The third kappa shape index (κ3) is 6.95. The van der Waals surface area contributed by atoms with E-state index in [2.05, 4.69) is 20.7 Å². The monoisotopic (exact) mass is 548 g/mol. The first-order chi connectivity index (χ1) is 19.4. The molecule has 3 aromatic carbocycles. The summed E-state index contributed by atoms with van der Waals surface area (Å²) in [6.45, 7) is 5.52. The van der Waals surface area contributed by atoms with Gasteiger partial charge in [-0.1, -0.05) is 11.2 Å². The molecule has 0 bridgehead atoms. The first kappa shape index (κ1) is 28.6. The number of benzene rings is 3. The number of hydrogen-bond donors (Lipinski definition) is 3. The van der Waals surface area contributed by atoms with E-state index in [9.17, 15) is 10.0 Å². The lowest BCUT2D eigenvalue weighted by Crippen LogP contribution is -2.25. The fraction of sp³-hybridized carbons (Fsp3) is 0.333. The second kappa shape index (κ2) is 13.6. The predicted octanol–water partition coefficient (Wildman–Crippen LogP) is 5.70. The number of carbonyl (C=O) groups excluding carboxylic acids is 1. The zero-order valence-electron chi connectivity index (χ0n) is 23.3. The Bertz CT molecular complexity index is 1340. The van der Waals surface area contributed by atoms with Crippen molar-refractivity contribution >= 4 is 23.1 Å². The molecule has 0 aromatic heterocycles. The minimum atomic E-state index is -0.413. The second-order valence-corrected chi connectivity index (χ2v) is 9.36. The fourth-order valence-electron chi connectivity index (χ4n) is 4.69. The van der Waals surface area contributed by atoms with E-state index in [-0.39, 0.29) is 0 Å². The molecule has 3 aromatic rings. The van der Waals surface area contributed by atoms with Crippen molar-refractivity contribution in [1.29, 1.82) is 0 Å². The third-order valence-corrected chi connectivity index (χ3v) is 6.78. The molecule has 1 fully saturated rings. The summed E-state index contributed by atoms with van der Waals surface area (Å²) in [5, 5.41) is 18.2. The molecule has 0 atom stereocenters. The molecule has 3 N–H and O–H groups in total. The summed E-state index contributed by atoms with van der Waals surface area (Å²) in [5.74, 6) is 2.22. The Hall–Kier alpha value is -4.44. The van der Waals surface area contributed by atoms with Crippen LogP contribution in [0.1, 0.15) is 25.3 Å². The van der Waals surface area contributed by atoms with Gasteiger partial charge < -0.3 is 34.8 Å². The molecule has 1 heterocycles. The Labute approximate surface area is 234 Å². The van der Waals surface area contributed by atoms with Crippen LogP contribution in [0.15, 0.2) is 59.8 Å². The highest BCUT2D eigenvalue weighted by molar-refractivity contribution is 6.02. The number of hydrogen-bond acceptors (Lipinski definition) is 8. The Kier molecular flexibility index (Phi) is 9.69. The van der Waals surface area contributed by atoms with Crippen LogP contribution < -0.4 is 29.6 Å². The van der Waals surface area contributed by atoms with Gasteiger partial charge in [-0.15, -0.1) is 0 Å². The van der Waals surface area contributed by atoms with Crippen molar-refractivity contribution in [2.24, 2.45) is 5.16 Å². The molecular formula is C30H36N4O6. The van der Waals surface area contributed by atoms with Crippen LogP contribution in [0.4, 0.5) is 16.2 Å². The van der Waals surface area contributed by atoms with Gasteiger partial charge in [-0.05, 0) is 80.9 Å². The van der Waals surface area contributed by atoms with E-state index >= 15 is 0 Å². The average molecular weight is 549 g/mol. The minimum Gasteiger partial charge on any atom is -0.496 e. The van der Waals surface area contributed by atoms with Crippen LogP contribution in [0.5, 0.6) is 23.0 Å². The Morgan fingerprint density at radius 1 is 0.900 bits per heavy atom. The summed E-state index contributed by atoms with van der Waals surface area (Å²) in [6, 6.07) is 15.8. The molecule has 1 aliphatic rings. The normalized spacial score (nSPS) is 13.6. The molecule has 1 aliphatic heterocycles. The highest BCUT2D eigenvalue weighted by Gasteiger charge is 2.18. The van der Waals surface area contributed by atoms with Crippen molar-refractivity contribution in [3.8, 4) is 34.1 Å². The zero-order chi connectivity index (χ0) is 28.5. The van der Waals surface area contributed by atoms with Gasteiger partial charge in [0.1, 0.15) is 18.1 Å². The van der Waals surface area contributed by atoms with Crippen molar-refractivity contribution in [2.45, 2.75) is 19.8 Å². The maximum absolute atomic E-state index is 12.9. The molecule has 1 saturated heterocycles. The second-order valence-electron chi connectivity index (χ2n) is 9.36. The van der Waals surface area contributed by atoms with Gasteiger partial charge in [0.25, 0.3) is 0 Å². The van der Waals surface area contributed by atoms with Crippen molar-refractivity contribution in [3.63, 3.8) is 0 Å². The molecule has 10 nitrogen and oxygen atoms in total. The highest BCUT2D eigenvalue weighted by atomic mass is 16.5. The van der Waals surface area contributed by atoms with Crippen LogP contribution in [0, 0.1) is 0 Å². The molecular weight excluding hydrogens is 512 g/mol. The number of ether oxygens (including phenoxy) is 4. The minimum absolute atomic E-state index is 0.413. The van der Waals surface area contributed by atoms with Crippen LogP contribution in [-0.4, -0.2) is 69.4 Å². The van der Waals surface area contributed by atoms with Gasteiger partial charge in [-0.2, -0.15) is 0 Å². The third-order valence-electron chi connectivity index (χ3n) is 6.78. The number of methoxy groups -OCH3 is 3. The SMILES string of the molecule is COc1cc(-c2cc(NC(=O)Nc3ccc(OCCN4CCCC4)cc3)cc(OC)c2OC)ccc1/C(C)=N/O. The Morgan fingerprint density at radius 3 is 2.25 bits per heavy atom. The Morgan fingerprint density at radius 2 is 1.60 bits per heavy atom. The number of amides is 2. The number of nitrogens with zero attached hydrogens (tertiary/aromatic N) is 2. The summed E-state index contributed by atoms with van der Waals surface area (Å²) in [6.07, 6.45) is 2.52. The molecule has 0 spiro atoms. The molecule has 0 unspecified atom stereocenters. The summed E-state index contributed by atoms with van der Waals surface area (Å²) < 4.78 is 22.6. The largest absolute Gasteiger partial charge is 0.496 e. The van der Waals surface area contributed by atoms with Crippen molar-refractivity contribution < 1.29 is 28.9 Å². The predicted molar refractivity (Wildman–Crippen MR) is 156 cm³/mol. The number of oxime groups is 1. The van der Waals surface area contributed by atoms with Crippen LogP contribution >= 0.6 is 0 Å². The summed E-state index contributed by atoms with van der Waals surface area (Å²) in [7, 11) is 4.63.